The van der Waals surface area contributed by atoms with E-state index in [1.54, 1.807) is 0 Å². The standard InChI is InChI=1S/C71H122O6/c1-4-7-10-13-16-19-22-24-26-28-30-32-34-35-36-37-38-40-41-43-45-47-49-52-55-58-61-64-70(73)76-67-68(66-75-69(72)63-60-57-54-51-21-18-15-12-9-6-3)77-71(74)65-62-59-56-53-50-48-46-44-42-39-33-31-29-27-25-23-20-17-14-11-8-5-2/h7,10,12,15-16,19,24,26,30,32,35-36,38,40,43,45,68H,4-6,8-9,11,13-14,17-18,20-23,25,27-29,31,33-34,37,39,41-42,44,46-67H2,1-3H3/b10-7-,15-12-,19-16-,26-24-,32-30-,36-35-,40-38-,45-43-. The van der Waals surface area contributed by atoms with Gasteiger partial charge in [-0.15, -0.1) is 0 Å². The van der Waals surface area contributed by atoms with Crippen LogP contribution in [0.15, 0.2) is 97.2 Å². The van der Waals surface area contributed by atoms with Crippen LogP contribution in [-0.2, 0) is 28.6 Å². The van der Waals surface area contributed by atoms with Gasteiger partial charge >= 0.3 is 17.9 Å². The lowest BCUT2D eigenvalue weighted by Crippen LogP contribution is -2.30. The second-order valence-corrected chi connectivity index (χ2v) is 21.6. The monoisotopic (exact) mass is 1070 g/mol. The lowest BCUT2D eigenvalue weighted by Gasteiger charge is -2.18. The van der Waals surface area contributed by atoms with E-state index in [9.17, 15) is 14.4 Å². The highest BCUT2D eigenvalue weighted by molar-refractivity contribution is 5.71. The molecule has 0 saturated heterocycles. The quantitative estimate of drug-likeness (QED) is 0.0261. The molecule has 0 heterocycles. The molecule has 1 atom stereocenters. The second kappa shape index (κ2) is 64.9. The van der Waals surface area contributed by atoms with Gasteiger partial charge in [-0.25, -0.2) is 0 Å². The van der Waals surface area contributed by atoms with Gasteiger partial charge in [0, 0.05) is 19.3 Å². The molecule has 0 aromatic carbocycles. The van der Waals surface area contributed by atoms with Gasteiger partial charge in [-0.3, -0.25) is 14.4 Å². The SMILES string of the molecule is CC/C=C\C/C=C\C/C=C\C/C=C\C/C=C\C/C=C\C/C=C\CCCCCCCC(=O)OCC(COC(=O)CCCCCCC/C=C\CCC)OC(=O)CCCCCCCCCCCCCCCCCCCCCCCC. The molecule has 1 unspecified atom stereocenters. The number of hydrogen-bond donors (Lipinski definition) is 0. The van der Waals surface area contributed by atoms with Crippen molar-refractivity contribution in [2.75, 3.05) is 13.2 Å². The number of rotatable bonds is 59. The Bertz CT molecular complexity index is 1510. The Morgan fingerprint density at radius 1 is 0.273 bits per heavy atom. The van der Waals surface area contributed by atoms with Crippen molar-refractivity contribution in [3.63, 3.8) is 0 Å². The van der Waals surface area contributed by atoms with Crippen LogP contribution in [0.4, 0.5) is 0 Å². The largest absolute Gasteiger partial charge is 0.462 e. The van der Waals surface area contributed by atoms with Crippen LogP contribution >= 0.6 is 0 Å². The third-order valence-corrected chi connectivity index (χ3v) is 14.1. The average molecular weight is 1070 g/mol. The van der Waals surface area contributed by atoms with Gasteiger partial charge in [0.1, 0.15) is 13.2 Å². The first-order valence-electron chi connectivity index (χ1n) is 32.7. The van der Waals surface area contributed by atoms with E-state index in [0.29, 0.717) is 19.3 Å². The molecule has 442 valence electrons. The molecular weight excluding hydrogens is 949 g/mol. The van der Waals surface area contributed by atoms with Crippen LogP contribution in [-0.4, -0.2) is 37.2 Å². The third-order valence-electron chi connectivity index (χ3n) is 14.1. The molecule has 6 heteroatoms. The fraction of sp³-hybridized carbons (Fsp3) is 0.732. The maximum atomic E-state index is 12.9. The number of esters is 3. The lowest BCUT2D eigenvalue weighted by molar-refractivity contribution is -0.167. The average Bonchev–Trinajstić information content (AvgIpc) is 3.43. The van der Waals surface area contributed by atoms with E-state index < -0.39 is 6.10 Å². The second-order valence-electron chi connectivity index (χ2n) is 21.6. The number of allylic oxidation sites excluding steroid dienone is 16. The van der Waals surface area contributed by atoms with E-state index in [1.807, 2.05) is 0 Å². The molecule has 0 N–H and O–H groups in total. The highest BCUT2D eigenvalue weighted by Crippen LogP contribution is 2.17. The summed E-state index contributed by atoms with van der Waals surface area (Å²) in [5.74, 6) is -0.904. The Morgan fingerprint density at radius 2 is 0.532 bits per heavy atom. The molecule has 0 aliphatic heterocycles. The fourth-order valence-electron chi connectivity index (χ4n) is 9.19. The first kappa shape index (κ1) is 73.3. The molecule has 0 aliphatic carbocycles. The minimum Gasteiger partial charge on any atom is -0.462 e. The summed E-state index contributed by atoms with van der Waals surface area (Å²) in [6.07, 6.45) is 87.1. The van der Waals surface area contributed by atoms with Gasteiger partial charge in [0.25, 0.3) is 0 Å². The molecular formula is C71H122O6. The van der Waals surface area contributed by atoms with Crippen LogP contribution in [0.5, 0.6) is 0 Å². The van der Waals surface area contributed by atoms with Crippen molar-refractivity contribution in [1.29, 1.82) is 0 Å². The van der Waals surface area contributed by atoms with Gasteiger partial charge in [-0.05, 0) is 96.3 Å². The fourth-order valence-corrected chi connectivity index (χ4v) is 9.19. The third kappa shape index (κ3) is 63.0. The summed E-state index contributed by atoms with van der Waals surface area (Å²) in [6, 6.07) is 0. The predicted molar refractivity (Wildman–Crippen MR) is 334 cm³/mol. The van der Waals surface area contributed by atoms with Crippen molar-refractivity contribution in [1.82, 2.24) is 0 Å². The highest BCUT2D eigenvalue weighted by Gasteiger charge is 2.19. The van der Waals surface area contributed by atoms with Gasteiger partial charge in [0.15, 0.2) is 6.10 Å². The molecule has 77 heavy (non-hydrogen) atoms. The van der Waals surface area contributed by atoms with E-state index in [-0.39, 0.29) is 31.1 Å². The van der Waals surface area contributed by atoms with E-state index in [4.69, 9.17) is 14.2 Å². The summed E-state index contributed by atoms with van der Waals surface area (Å²) in [5.41, 5.74) is 0. The van der Waals surface area contributed by atoms with Crippen molar-refractivity contribution >= 4 is 17.9 Å². The Kier molecular flexibility index (Phi) is 61.8. The zero-order valence-electron chi connectivity index (χ0n) is 50.7. The zero-order chi connectivity index (χ0) is 55.7. The van der Waals surface area contributed by atoms with Crippen molar-refractivity contribution in [2.24, 2.45) is 0 Å². The molecule has 0 aromatic heterocycles. The molecule has 0 fully saturated rings. The van der Waals surface area contributed by atoms with E-state index in [1.165, 1.54) is 141 Å². The van der Waals surface area contributed by atoms with Gasteiger partial charge in [0.2, 0.25) is 0 Å². The van der Waals surface area contributed by atoms with Crippen molar-refractivity contribution in [2.45, 2.75) is 322 Å². The van der Waals surface area contributed by atoms with Gasteiger partial charge in [-0.1, -0.05) is 298 Å². The Morgan fingerprint density at radius 3 is 0.857 bits per heavy atom. The van der Waals surface area contributed by atoms with Crippen molar-refractivity contribution in [3.8, 4) is 0 Å². The van der Waals surface area contributed by atoms with E-state index in [2.05, 4.69) is 118 Å². The number of ether oxygens (including phenoxy) is 3. The molecule has 6 nitrogen and oxygen atoms in total. The summed E-state index contributed by atoms with van der Waals surface area (Å²) in [7, 11) is 0. The van der Waals surface area contributed by atoms with E-state index in [0.717, 1.165) is 135 Å². The number of carbonyl (C=O) groups is 3. The van der Waals surface area contributed by atoms with Crippen molar-refractivity contribution in [3.05, 3.63) is 97.2 Å². The number of unbranched alkanes of at least 4 members (excludes halogenated alkanes) is 32. The zero-order valence-corrected chi connectivity index (χ0v) is 50.7. The number of hydrogen-bond acceptors (Lipinski definition) is 6. The van der Waals surface area contributed by atoms with Crippen LogP contribution in [0.3, 0.4) is 0 Å². The van der Waals surface area contributed by atoms with Crippen LogP contribution in [0.1, 0.15) is 316 Å². The van der Waals surface area contributed by atoms with Crippen LogP contribution < -0.4 is 0 Å². The number of carbonyl (C=O) groups excluding carboxylic acids is 3. The lowest BCUT2D eigenvalue weighted by atomic mass is 10.0. The molecule has 0 bridgehead atoms. The Labute approximate surface area is 477 Å². The van der Waals surface area contributed by atoms with Gasteiger partial charge < -0.3 is 14.2 Å². The van der Waals surface area contributed by atoms with E-state index >= 15 is 0 Å². The summed E-state index contributed by atoms with van der Waals surface area (Å²) in [4.78, 5) is 38.2. The topological polar surface area (TPSA) is 78.9 Å². The molecule has 0 saturated carbocycles. The summed E-state index contributed by atoms with van der Waals surface area (Å²) in [5, 5.41) is 0. The van der Waals surface area contributed by atoms with Gasteiger partial charge in [-0.2, -0.15) is 0 Å². The molecule has 0 radical (unpaired) electrons. The highest BCUT2D eigenvalue weighted by atomic mass is 16.6. The first-order chi connectivity index (χ1) is 38.0. The van der Waals surface area contributed by atoms with Crippen LogP contribution in [0.2, 0.25) is 0 Å². The Balaban J connectivity index is 4.28. The molecule has 0 spiro atoms. The molecule has 0 rings (SSSR count). The normalized spacial score (nSPS) is 12.7. The summed E-state index contributed by atoms with van der Waals surface area (Å²) >= 11 is 0. The Hall–Kier alpha value is -3.67. The molecule has 0 aromatic rings. The minimum atomic E-state index is -0.789. The van der Waals surface area contributed by atoms with Crippen LogP contribution in [0, 0.1) is 0 Å². The maximum absolute atomic E-state index is 12.9. The van der Waals surface area contributed by atoms with Gasteiger partial charge in [0.05, 0.1) is 0 Å². The molecule has 0 amide bonds. The summed E-state index contributed by atoms with van der Waals surface area (Å²) in [6.45, 7) is 6.47. The summed E-state index contributed by atoms with van der Waals surface area (Å²) < 4.78 is 16.9. The first-order valence-corrected chi connectivity index (χ1v) is 32.7. The smallest absolute Gasteiger partial charge is 0.306 e. The minimum absolute atomic E-state index is 0.0862. The maximum Gasteiger partial charge on any atom is 0.306 e. The predicted octanol–water partition coefficient (Wildman–Crippen LogP) is 22.4. The van der Waals surface area contributed by atoms with Crippen LogP contribution in [0.25, 0.3) is 0 Å². The molecule has 0 aliphatic rings. The van der Waals surface area contributed by atoms with Crippen molar-refractivity contribution < 1.29 is 28.6 Å².